The number of ether oxygens (including phenoxy) is 1. The first-order chi connectivity index (χ1) is 11.1. The van der Waals surface area contributed by atoms with Crippen LogP contribution in [-0.4, -0.2) is 33.9 Å². The first-order valence-corrected chi connectivity index (χ1v) is 7.24. The second-order valence-corrected chi connectivity index (χ2v) is 5.06. The van der Waals surface area contributed by atoms with Crippen molar-refractivity contribution >= 4 is 17.6 Å². The Morgan fingerprint density at radius 2 is 2.04 bits per heavy atom. The van der Waals surface area contributed by atoms with Gasteiger partial charge in [-0.05, 0) is 24.1 Å². The number of hydrogen-bond donors (Lipinski definition) is 2. The number of aryl methyl sites for hydroxylation is 1. The van der Waals surface area contributed by atoms with Crippen LogP contribution in [0.5, 0.6) is 5.75 Å². The maximum atomic E-state index is 12.0. The third kappa shape index (κ3) is 5.46. The highest BCUT2D eigenvalue weighted by Gasteiger charge is 2.07. The fourth-order valence-corrected chi connectivity index (χ4v) is 2.08. The molecule has 0 saturated carbocycles. The summed E-state index contributed by atoms with van der Waals surface area (Å²) in [6.45, 7) is 0.501. The van der Waals surface area contributed by atoms with Crippen molar-refractivity contribution in [1.29, 1.82) is 0 Å². The standard InChI is InChI=1S/C16H19N3O4/c1-23-14-6-4-12(5-7-14)9-15(20)18-13-10-17-19(11-13)8-2-3-16(21)22/h4-7,10-11H,2-3,8-9H2,1H3,(H,18,20)(H,21,22). The molecule has 7 heteroatoms. The van der Waals surface area contributed by atoms with Gasteiger partial charge in [0.1, 0.15) is 5.75 Å². The number of hydrogen-bond acceptors (Lipinski definition) is 4. The Kier molecular flexibility index (Phi) is 5.74. The molecule has 122 valence electrons. The number of carbonyl (C=O) groups excluding carboxylic acids is 1. The highest BCUT2D eigenvalue weighted by Crippen LogP contribution is 2.13. The summed E-state index contributed by atoms with van der Waals surface area (Å²) in [5.41, 5.74) is 1.48. The summed E-state index contributed by atoms with van der Waals surface area (Å²) in [5.74, 6) is -0.220. The van der Waals surface area contributed by atoms with Gasteiger partial charge >= 0.3 is 5.97 Å². The van der Waals surface area contributed by atoms with Gasteiger partial charge in [-0.3, -0.25) is 14.3 Å². The van der Waals surface area contributed by atoms with Crippen molar-refractivity contribution in [2.75, 3.05) is 12.4 Å². The van der Waals surface area contributed by atoms with Crippen molar-refractivity contribution in [2.24, 2.45) is 0 Å². The van der Waals surface area contributed by atoms with E-state index >= 15 is 0 Å². The molecular weight excluding hydrogens is 298 g/mol. The van der Waals surface area contributed by atoms with Crippen LogP contribution in [0.1, 0.15) is 18.4 Å². The lowest BCUT2D eigenvalue weighted by molar-refractivity contribution is -0.137. The van der Waals surface area contributed by atoms with Gasteiger partial charge in [-0.25, -0.2) is 0 Å². The summed E-state index contributed by atoms with van der Waals surface area (Å²) >= 11 is 0. The number of aromatic nitrogens is 2. The smallest absolute Gasteiger partial charge is 0.303 e. The second kappa shape index (κ2) is 7.98. The van der Waals surface area contributed by atoms with Gasteiger partial charge in [-0.15, -0.1) is 0 Å². The highest BCUT2D eigenvalue weighted by molar-refractivity contribution is 5.92. The molecule has 0 aliphatic heterocycles. The molecule has 2 N–H and O–H groups in total. The van der Waals surface area contributed by atoms with Gasteiger partial charge in [0.2, 0.25) is 5.91 Å². The molecule has 1 aromatic heterocycles. The van der Waals surface area contributed by atoms with E-state index in [0.717, 1.165) is 11.3 Å². The number of nitrogens with one attached hydrogen (secondary N) is 1. The largest absolute Gasteiger partial charge is 0.497 e. The maximum Gasteiger partial charge on any atom is 0.303 e. The van der Waals surface area contributed by atoms with Gasteiger partial charge in [0.25, 0.3) is 0 Å². The minimum Gasteiger partial charge on any atom is -0.497 e. The van der Waals surface area contributed by atoms with Crippen LogP contribution < -0.4 is 10.1 Å². The SMILES string of the molecule is COc1ccc(CC(=O)Nc2cnn(CCCC(=O)O)c2)cc1. The van der Waals surface area contributed by atoms with E-state index in [-0.39, 0.29) is 18.7 Å². The van der Waals surface area contributed by atoms with Crippen LogP contribution in [0.4, 0.5) is 5.69 Å². The molecule has 2 aromatic rings. The van der Waals surface area contributed by atoms with Gasteiger partial charge in [0, 0.05) is 19.2 Å². The molecular formula is C16H19N3O4. The lowest BCUT2D eigenvalue weighted by Crippen LogP contribution is -2.14. The molecule has 2 rings (SSSR count). The fourth-order valence-electron chi connectivity index (χ4n) is 2.08. The van der Waals surface area contributed by atoms with E-state index in [1.165, 1.54) is 0 Å². The van der Waals surface area contributed by atoms with Gasteiger partial charge in [0.05, 0.1) is 25.4 Å². The summed E-state index contributed by atoms with van der Waals surface area (Å²) in [7, 11) is 1.59. The van der Waals surface area contributed by atoms with Crippen LogP contribution in [0, 0.1) is 0 Å². The molecule has 0 atom stereocenters. The number of carbonyl (C=O) groups is 2. The molecule has 0 bridgehead atoms. The molecule has 0 aliphatic carbocycles. The first-order valence-electron chi connectivity index (χ1n) is 7.24. The number of carboxylic acids is 1. The minimum absolute atomic E-state index is 0.0963. The van der Waals surface area contributed by atoms with Crippen LogP contribution in [0.25, 0.3) is 0 Å². The minimum atomic E-state index is -0.829. The van der Waals surface area contributed by atoms with E-state index in [1.807, 2.05) is 24.3 Å². The van der Waals surface area contributed by atoms with E-state index < -0.39 is 5.97 Å². The lowest BCUT2D eigenvalue weighted by Gasteiger charge is -2.04. The van der Waals surface area contributed by atoms with Crippen molar-refractivity contribution in [2.45, 2.75) is 25.8 Å². The van der Waals surface area contributed by atoms with Crippen LogP contribution >= 0.6 is 0 Å². The molecule has 0 saturated heterocycles. The zero-order chi connectivity index (χ0) is 16.7. The van der Waals surface area contributed by atoms with E-state index in [1.54, 1.807) is 24.2 Å². The molecule has 1 aromatic carbocycles. The van der Waals surface area contributed by atoms with Crippen LogP contribution in [-0.2, 0) is 22.6 Å². The number of aliphatic carboxylic acids is 1. The van der Waals surface area contributed by atoms with Gasteiger partial charge < -0.3 is 15.2 Å². The third-order valence-electron chi connectivity index (χ3n) is 3.22. The summed E-state index contributed by atoms with van der Waals surface area (Å²) in [5, 5.41) is 15.5. The Hall–Kier alpha value is -2.83. The predicted molar refractivity (Wildman–Crippen MR) is 84.4 cm³/mol. The van der Waals surface area contributed by atoms with Crippen molar-refractivity contribution < 1.29 is 19.4 Å². The molecule has 0 fully saturated rings. The first kappa shape index (κ1) is 16.5. The molecule has 0 spiro atoms. The normalized spacial score (nSPS) is 10.3. The Balaban J connectivity index is 1.82. The average Bonchev–Trinajstić information content (AvgIpc) is 2.95. The quantitative estimate of drug-likeness (QED) is 0.776. The number of nitrogens with zero attached hydrogens (tertiary/aromatic N) is 2. The zero-order valence-corrected chi connectivity index (χ0v) is 12.9. The van der Waals surface area contributed by atoms with Gasteiger partial charge in [0.15, 0.2) is 0 Å². The van der Waals surface area contributed by atoms with E-state index in [0.29, 0.717) is 18.7 Å². The molecule has 1 heterocycles. The summed E-state index contributed by atoms with van der Waals surface area (Å²) in [4.78, 5) is 22.5. The number of benzene rings is 1. The molecule has 0 unspecified atom stereocenters. The number of anilines is 1. The summed E-state index contributed by atoms with van der Waals surface area (Å²) in [6.07, 6.45) is 4.09. The average molecular weight is 317 g/mol. The van der Waals surface area contributed by atoms with Crippen molar-refractivity contribution in [3.63, 3.8) is 0 Å². The lowest BCUT2D eigenvalue weighted by atomic mass is 10.1. The Bertz CT molecular complexity index is 664. The molecule has 0 radical (unpaired) electrons. The Morgan fingerprint density at radius 1 is 1.30 bits per heavy atom. The van der Waals surface area contributed by atoms with E-state index in [9.17, 15) is 9.59 Å². The Labute approximate surface area is 133 Å². The van der Waals surface area contributed by atoms with E-state index in [4.69, 9.17) is 9.84 Å². The summed E-state index contributed by atoms with van der Waals surface area (Å²) in [6, 6.07) is 7.30. The maximum absolute atomic E-state index is 12.0. The summed E-state index contributed by atoms with van der Waals surface area (Å²) < 4.78 is 6.69. The number of methoxy groups -OCH3 is 1. The van der Waals surface area contributed by atoms with Crippen molar-refractivity contribution in [3.05, 3.63) is 42.2 Å². The topological polar surface area (TPSA) is 93.5 Å². The van der Waals surface area contributed by atoms with Crippen LogP contribution in [0.15, 0.2) is 36.7 Å². The molecule has 0 aliphatic rings. The number of carboxylic acid groups (broad SMARTS) is 1. The predicted octanol–water partition coefficient (Wildman–Crippen LogP) is 1.94. The monoisotopic (exact) mass is 317 g/mol. The second-order valence-electron chi connectivity index (χ2n) is 5.06. The third-order valence-corrected chi connectivity index (χ3v) is 3.22. The van der Waals surface area contributed by atoms with Crippen LogP contribution in [0.3, 0.4) is 0 Å². The van der Waals surface area contributed by atoms with Crippen molar-refractivity contribution in [1.82, 2.24) is 9.78 Å². The Morgan fingerprint density at radius 3 is 2.70 bits per heavy atom. The highest BCUT2D eigenvalue weighted by atomic mass is 16.5. The number of amides is 1. The molecule has 7 nitrogen and oxygen atoms in total. The van der Waals surface area contributed by atoms with Gasteiger partial charge in [-0.2, -0.15) is 5.10 Å². The fraction of sp³-hybridized carbons (Fsp3) is 0.312. The van der Waals surface area contributed by atoms with E-state index in [2.05, 4.69) is 10.4 Å². The molecule has 23 heavy (non-hydrogen) atoms. The zero-order valence-electron chi connectivity index (χ0n) is 12.9. The molecule has 1 amide bonds. The number of rotatable bonds is 8. The van der Waals surface area contributed by atoms with Crippen molar-refractivity contribution in [3.8, 4) is 5.75 Å². The van der Waals surface area contributed by atoms with Crippen LogP contribution in [0.2, 0.25) is 0 Å². The van der Waals surface area contributed by atoms with Gasteiger partial charge in [-0.1, -0.05) is 12.1 Å².